The van der Waals surface area contributed by atoms with Gasteiger partial charge in [0.25, 0.3) is 5.69 Å². The predicted molar refractivity (Wildman–Crippen MR) is 189 cm³/mol. The number of anilines is 2. The van der Waals surface area contributed by atoms with Crippen molar-refractivity contribution in [3.8, 4) is 10.4 Å². The minimum atomic E-state index is -0.341. The highest BCUT2D eigenvalue weighted by Gasteiger charge is 2.44. The van der Waals surface area contributed by atoms with E-state index in [2.05, 4.69) is 102 Å². The van der Waals surface area contributed by atoms with Gasteiger partial charge in [-0.15, -0.1) is 11.3 Å². The molecule has 8 nitrogen and oxygen atoms in total. The van der Waals surface area contributed by atoms with Gasteiger partial charge in [-0.2, -0.15) is 4.58 Å². The van der Waals surface area contributed by atoms with Crippen LogP contribution in [0.2, 0.25) is 0 Å². The molecule has 0 saturated carbocycles. The van der Waals surface area contributed by atoms with Crippen LogP contribution in [0.15, 0.2) is 90.1 Å². The van der Waals surface area contributed by atoms with E-state index in [4.69, 9.17) is 4.74 Å². The van der Waals surface area contributed by atoms with E-state index in [0.29, 0.717) is 13.0 Å². The Kier molecular flexibility index (Phi) is 10.2. The smallest absolute Gasteiger partial charge is 0.305 e. The van der Waals surface area contributed by atoms with Crippen LogP contribution < -0.4 is 9.80 Å². The fourth-order valence-electron chi connectivity index (χ4n) is 6.49. The van der Waals surface area contributed by atoms with Crippen molar-refractivity contribution in [2.75, 3.05) is 36.5 Å². The van der Waals surface area contributed by atoms with Crippen molar-refractivity contribution in [1.29, 1.82) is 0 Å². The third-order valence-electron chi connectivity index (χ3n) is 8.85. The standard InChI is InChI=1S/C37H43N4O4S/c1-6-38-31-22-20-28(41(43)44)26-32(31)39(7-2)35(38)17-11-8-10-16-34-37(3,4)29-25-27(33-15-14-24-46-33)19-21-30(29)40(34)23-13-9-12-18-36(42)45-5/h8,10-11,14-17,19-22,24-26H,6-7,9,12-13,18,23H2,1-5H3/q+1. The highest BCUT2D eigenvalue weighted by Crippen LogP contribution is 2.44. The Morgan fingerprint density at radius 3 is 2.48 bits per heavy atom. The van der Waals surface area contributed by atoms with Crippen LogP contribution in [-0.2, 0) is 14.9 Å². The number of thiophene rings is 1. The molecule has 2 aliphatic rings. The lowest BCUT2D eigenvalue weighted by Gasteiger charge is -2.22. The van der Waals surface area contributed by atoms with E-state index < -0.39 is 0 Å². The number of nitrogens with zero attached hydrogens (tertiary/aromatic N) is 4. The van der Waals surface area contributed by atoms with Crippen molar-refractivity contribution < 1.29 is 19.0 Å². The van der Waals surface area contributed by atoms with Crippen LogP contribution in [0.3, 0.4) is 0 Å². The molecule has 1 aromatic heterocycles. The molecule has 9 heteroatoms. The zero-order valence-electron chi connectivity index (χ0n) is 27.4. The van der Waals surface area contributed by atoms with Crippen LogP contribution >= 0.6 is 11.3 Å². The van der Waals surface area contributed by atoms with Crippen LogP contribution in [0.5, 0.6) is 0 Å². The summed E-state index contributed by atoms with van der Waals surface area (Å²) in [7, 11) is 1.44. The molecule has 0 spiro atoms. The zero-order valence-corrected chi connectivity index (χ0v) is 28.2. The van der Waals surface area contributed by atoms with Gasteiger partial charge in [0.15, 0.2) is 5.71 Å². The summed E-state index contributed by atoms with van der Waals surface area (Å²) in [6.45, 7) is 11.1. The van der Waals surface area contributed by atoms with Crippen molar-refractivity contribution in [2.24, 2.45) is 0 Å². The minimum absolute atomic E-state index is 0.0979. The van der Waals surface area contributed by atoms with Gasteiger partial charge in [0, 0.05) is 60.6 Å². The van der Waals surface area contributed by atoms with E-state index in [0.717, 1.165) is 49.5 Å². The first-order chi connectivity index (χ1) is 22.2. The number of hydrogen-bond acceptors (Lipinski definition) is 7. The van der Waals surface area contributed by atoms with Crippen molar-refractivity contribution in [3.63, 3.8) is 0 Å². The van der Waals surface area contributed by atoms with Crippen molar-refractivity contribution in [3.05, 3.63) is 106 Å². The first kappa shape index (κ1) is 32.9. The van der Waals surface area contributed by atoms with Gasteiger partial charge in [-0.3, -0.25) is 14.9 Å². The van der Waals surface area contributed by atoms with Gasteiger partial charge in [0.1, 0.15) is 12.4 Å². The first-order valence-corrected chi connectivity index (χ1v) is 16.9. The van der Waals surface area contributed by atoms with Gasteiger partial charge >= 0.3 is 5.97 Å². The van der Waals surface area contributed by atoms with E-state index in [9.17, 15) is 14.9 Å². The van der Waals surface area contributed by atoms with E-state index in [1.807, 2.05) is 12.1 Å². The lowest BCUT2D eigenvalue weighted by atomic mass is 9.80. The highest BCUT2D eigenvalue weighted by molar-refractivity contribution is 7.13. The number of esters is 1. The molecule has 0 amide bonds. The van der Waals surface area contributed by atoms with Crippen LogP contribution in [0, 0.1) is 10.1 Å². The molecule has 0 saturated heterocycles. The average molecular weight is 640 g/mol. The van der Waals surface area contributed by atoms with E-state index >= 15 is 0 Å². The fraction of sp³-hybridized carbons (Fsp3) is 0.351. The van der Waals surface area contributed by atoms with Gasteiger partial charge in [-0.1, -0.05) is 24.3 Å². The highest BCUT2D eigenvalue weighted by atomic mass is 32.1. The molecule has 0 radical (unpaired) electrons. The number of fused-ring (bicyclic) bond motifs is 2. The molecule has 2 aromatic carbocycles. The third-order valence-corrected chi connectivity index (χ3v) is 9.77. The maximum atomic E-state index is 11.6. The summed E-state index contributed by atoms with van der Waals surface area (Å²) in [5, 5.41) is 13.5. The Labute approximate surface area is 275 Å². The number of carbonyl (C=O) groups is 1. The molecule has 240 valence electrons. The summed E-state index contributed by atoms with van der Waals surface area (Å²) in [6, 6.07) is 16.1. The quantitative estimate of drug-likeness (QED) is 0.0465. The topological polar surface area (TPSA) is 78.9 Å². The van der Waals surface area contributed by atoms with Gasteiger partial charge in [0.05, 0.1) is 28.8 Å². The van der Waals surface area contributed by atoms with Gasteiger partial charge in [0.2, 0.25) is 5.69 Å². The average Bonchev–Trinajstić information content (AvgIpc) is 3.74. The Balaban J connectivity index is 1.40. The number of nitro benzene ring substituents is 1. The number of unbranched alkanes of at least 4 members (excludes halogenated alkanes) is 2. The maximum Gasteiger partial charge on any atom is 0.305 e. The van der Waals surface area contributed by atoms with E-state index in [1.165, 1.54) is 34.5 Å². The largest absolute Gasteiger partial charge is 0.469 e. The number of non-ortho nitro benzene ring substituents is 1. The molecule has 0 atom stereocenters. The van der Waals surface area contributed by atoms with Crippen molar-refractivity contribution in [2.45, 2.75) is 58.8 Å². The zero-order chi connectivity index (χ0) is 32.8. The molecular weight excluding hydrogens is 596 g/mol. The minimum Gasteiger partial charge on any atom is -0.469 e. The SMILES string of the molecule is CCN1/C(=C/C=C/C=C/C2=[N+](CCCCCC(=O)OC)c3ccc(-c4cccs4)cc3C2(C)C)N(CC)c2cc([N+](=O)[O-])ccc21. The molecular formula is C37H43N4O4S+. The van der Waals surface area contributed by atoms with Crippen LogP contribution in [0.25, 0.3) is 10.4 Å². The van der Waals surface area contributed by atoms with Gasteiger partial charge in [-0.25, -0.2) is 0 Å². The Bertz CT molecular complexity index is 1720. The first-order valence-electron chi connectivity index (χ1n) is 16.0. The summed E-state index contributed by atoms with van der Waals surface area (Å²) in [5.74, 6) is 0.846. The second-order valence-electron chi connectivity index (χ2n) is 11.9. The van der Waals surface area contributed by atoms with Crippen molar-refractivity contribution in [1.82, 2.24) is 0 Å². The second kappa shape index (κ2) is 14.3. The summed E-state index contributed by atoms with van der Waals surface area (Å²) >= 11 is 1.75. The molecule has 46 heavy (non-hydrogen) atoms. The van der Waals surface area contributed by atoms with E-state index in [-0.39, 0.29) is 22.0 Å². The third kappa shape index (κ3) is 6.56. The number of hydrogen-bond donors (Lipinski definition) is 0. The normalized spacial score (nSPS) is 16.2. The number of methoxy groups -OCH3 is 1. The molecule has 0 fully saturated rings. The molecule has 0 N–H and O–H groups in total. The molecule has 2 aliphatic heterocycles. The van der Waals surface area contributed by atoms with Crippen LogP contribution in [0.4, 0.5) is 22.7 Å². The molecule has 0 aliphatic carbocycles. The number of nitro groups is 1. The van der Waals surface area contributed by atoms with Crippen molar-refractivity contribution >= 4 is 45.8 Å². The number of benzene rings is 2. The maximum absolute atomic E-state index is 11.6. The lowest BCUT2D eigenvalue weighted by Crippen LogP contribution is -2.28. The van der Waals surface area contributed by atoms with E-state index in [1.54, 1.807) is 23.5 Å². The summed E-state index contributed by atoms with van der Waals surface area (Å²) in [6.07, 6.45) is 13.7. The fourth-order valence-corrected chi connectivity index (χ4v) is 7.21. The number of rotatable bonds is 13. The summed E-state index contributed by atoms with van der Waals surface area (Å²) in [5.41, 5.74) is 6.77. The van der Waals surface area contributed by atoms with Crippen LogP contribution in [-0.4, -0.2) is 47.9 Å². The summed E-state index contributed by atoms with van der Waals surface area (Å²) in [4.78, 5) is 28.3. The molecule has 3 aromatic rings. The summed E-state index contributed by atoms with van der Waals surface area (Å²) < 4.78 is 7.25. The number of ether oxygens (including phenoxy) is 1. The van der Waals surface area contributed by atoms with Crippen LogP contribution in [0.1, 0.15) is 58.9 Å². The molecule has 3 heterocycles. The van der Waals surface area contributed by atoms with Gasteiger partial charge < -0.3 is 14.5 Å². The number of allylic oxidation sites excluding steroid dienone is 5. The Morgan fingerprint density at radius 2 is 1.78 bits per heavy atom. The molecule has 0 unspecified atom stereocenters. The Morgan fingerprint density at radius 1 is 1.00 bits per heavy atom. The number of carbonyl (C=O) groups excluding carboxylic acids is 1. The molecule has 5 rings (SSSR count). The van der Waals surface area contributed by atoms with Gasteiger partial charge in [-0.05, 0) is 81.8 Å². The second-order valence-corrected chi connectivity index (χ2v) is 12.9. The monoisotopic (exact) mass is 639 g/mol. The Hall–Kier alpha value is -4.50. The molecule has 0 bridgehead atoms. The predicted octanol–water partition coefficient (Wildman–Crippen LogP) is 8.75. The lowest BCUT2D eigenvalue weighted by molar-refractivity contribution is -0.438.